The Balaban J connectivity index is 0.000000917. The van der Waals surface area contributed by atoms with Gasteiger partial charge in [-0.15, -0.1) is 11.4 Å². The summed E-state index contributed by atoms with van der Waals surface area (Å²) in [5, 5.41) is 10.0. The minimum absolute atomic E-state index is 0.556. The average Bonchev–Trinajstić information content (AvgIpc) is 2.92. The van der Waals surface area contributed by atoms with Crippen LogP contribution >= 0.6 is 18.6 Å². The summed E-state index contributed by atoms with van der Waals surface area (Å²) in [5.74, 6) is 0. The summed E-state index contributed by atoms with van der Waals surface area (Å²) in [6.45, 7) is 0. The van der Waals surface area contributed by atoms with Gasteiger partial charge in [0, 0.05) is 0 Å². The van der Waals surface area contributed by atoms with E-state index in [9.17, 15) is 0 Å². The zero-order chi connectivity index (χ0) is 24.3. The van der Waals surface area contributed by atoms with Gasteiger partial charge in [0.25, 0.3) is 0 Å². The van der Waals surface area contributed by atoms with E-state index in [1.165, 1.54) is 0 Å². The second kappa shape index (κ2) is 13.2. The molecule has 0 radical (unpaired) electrons. The Hall–Kier alpha value is -3.01. The first kappa shape index (κ1) is 25.1. The maximum atomic E-state index is 5.02. The molecule has 0 bridgehead atoms. The molecule has 0 saturated carbocycles. The van der Waals surface area contributed by atoms with Crippen molar-refractivity contribution in [2.75, 3.05) is 0 Å². The Labute approximate surface area is 223 Å². The van der Waals surface area contributed by atoms with Crippen LogP contribution in [0, 0.1) is 0 Å². The van der Waals surface area contributed by atoms with E-state index in [1.54, 1.807) is 0 Å². The summed E-state index contributed by atoms with van der Waals surface area (Å²) in [6.07, 6.45) is 0. The number of hydrogen-bond donors (Lipinski definition) is 0. The van der Waals surface area contributed by atoms with Gasteiger partial charge in [-0.3, -0.25) is 0 Å². The molecule has 0 aliphatic carbocycles. The van der Waals surface area contributed by atoms with Gasteiger partial charge in [0.05, 0.1) is 0 Å². The number of rotatable bonds is 6. The van der Waals surface area contributed by atoms with Crippen LogP contribution < -0.4 is 0 Å². The SMILES string of the molecule is [Cl][Ti][Cl].c1ccc(-c2ccccc2[N-]c2ccccc2[N-]c2ccccc2-c2ccccc2)cc1. The zero-order valence-electron chi connectivity index (χ0n) is 18.9. The molecule has 2 nitrogen and oxygen atoms in total. The van der Waals surface area contributed by atoms with Crippen molar-refractivity contribution in [2.45, 2.75) is 0 Å². The summed E-state index contributed by atoms with van der Waals surface area (Å²) in [7, 11) is 9.78. The molecule has 0 atom stereocenters. The fraction of sp³-hybridized carbons (Fsp3) is 0. The molecule has 0 heterocycles. The van der Waals surface area contributed by atoms with E-state index in [-0.39, 0.29) is 0 Å². The molecule has 5 rings (SSSR count). The monoisotopic (exact) mass is 528 g/mol. The van der Waals surface area contributed by atoms with Crippen LogP contribution in [-0.4, -0.2) is 0 Å². The first-order chi connectivity index (χ1) is 17.3. The van der Waals surface area contributed by atoms with Gasteiger partial charge in [-0.25, -0.2) is 0 Å². The molecule has 0 aromatic heterocycles. The summed E-state index contributed by atoms with van der Waals surface area (Å²) in [4.78, 5) is 0. The van der Waals surface area contributed by atoms with Crippen LogP contribution in [-0.2, 0) is 17.0 Å². The van der Waals surface area contributed by atoms with Crippen molar-refractivity contribution in [3.8, 4) is 22.3 Å². The number of halogens is 2. The van der Waals surface area contributed by atoms with Gasteiger partial charge in [0.15, 0.2) is 0 Å². The third kappa shape index (κ3) is 6.78. The maximum absolute atomic E-state index is 5.02. The summed E-state index contributed by atoms with van der Waals surface area (Å²) in [5.41, 5.74) is 8.06. The molecule has 0 saturated heterocycles. The Morgan fingerprint density at radius 2 is 0.657 bits per heavy atom. The second-order valence-electron chi connectivity index (χ2n) is 7.55. The van der Waals surface area contributed by atoms with Gasteiger partial charge in [0.2, 0.25) is 0 Å². The van der Waals surface area contributed by atoms with E-state index in [0.29, 0.717) is 0 Å². The Morgan fingerprint density at radius 3 is 1.03 bits per heavy atom. The molecule has 0 unspecified atom stereocenters. The van der Waals surface area contributed by atoms with Gasteiger partial charge >= 0.3 is 35.6 Å². The Morgan fingerprint density at radius 1 is 0.371 bits per heavy atom. The van der Waals surface area contributed by atoms with Gasteiger partial charge in [-0.05, 0) is 22.3 Å². The van der Waals surface area contributed by atoms with Gasteiger partial charge < -0.3 is 10.6 Å². The number of para-hydroxylation sites is 4. The summed E-state index contributed by atoms with van der Waals surface area (Å²) >= 11 is -0.556. The molecular weight excluding hydrogens is 507 g/mol. The first-order valence-corrected chi connectivity index (χ1v) is 15.4. The third-order valence-corrected chi connectivity index (χ3v) is 5.34. The Bertz CT molecular complexity index is 1240. The smallest absolute Gasteiger partial charge is 0.0196 e. The van der Waals surface area contributed by atoms with Gasteiger partial charge in [0.1, 0.15) is 0 Å². The van der Waals surface area contributed by atoms with E-state index in [2.05, 4.69) is 72.8 Å². The standard InChI is InChI=1S/C30H22N2.2ClH.Ti/c1-3-13-23(14-4-1)25-17-7-9-19-27(25)31-29-21-11-12-22-30(29)32-28-20-10-8-18-26(28)24-15-5-2-6-16-24;;;/h1-22H;2*1H;/q-2;;;+2/p-2. The molecule has 5 aromatic rings. The van der Waals surface area contributed by atoms with Crippen molar-refractivity contribution in [1.29, 1.82) is 0 Å². The van der Waals surface area contributed by atoms with Crippen molar-refractivity contribution in [3.63, 3.8) is 0 Å². The minimum Gasteiger partial charge on any atom is -0.658 e. The van der Waals surface area contributed by atoms with Crippen molar-refractivity contribution in [3.05, 3.63) is 144 Å². The minimum atomic E-state index is -0.556. The predicted molar refractivity (Wildman–Crippen MR) is 147 cm³/mol. The van der Waals surface area contributed by atoms with E-state index < -0.39 is 17.0 Å². The molecule has 172 valence electrons. The molecule has 0 aliphatic heterocycles. The fourth-order valence-electron chi connectivity index (χ4n) is 3.78. The fourth-order valence-corrected chi connectivity index (χ4v) is 3.78. The maximum Gasteiger partial charge on any atom is -0.0196 e. The van der Waals surface area contributed by atoms with Crippen LogP contribution in [0.5, 0.6) is 0 Å². The predicted octanol–water partition coefficient (Wildman–Crippen LogP) is 11.1. The second-order valence-corrected chi connectivity index (χ2v) is 10.1. The molecule has 35 heavy (non-hydrogen) atoms. The third-order valence-electron chi connectivity index (χ3n) is 5.34. The zero-order valence-corrected chi connectivity index (χ0v) is 21.9. The van der Waals surface area contributed by atoms with Gasteiger partial charge in [-0.2, -0.15) is 11.4 Å². The number of benzene rings is 5. The van der Waals surface area contributed by atoms with E-state index in [1.807, 2.05) is 60.7 Å². The number of nitrogens with zero attached hydrogens (tertiary/aromatic N) is 2. The molecular formula is C30H22Cl2N2Ti-2. The molecule has 5 heteroatoms. The molecule has 0 spiro atoms. The van der Waals surface area contributed by atoms with Crippen molar-refractivity contribution < 1.29 is 17.0 Å². The van der Waals surface area contributed by atoms with Crippen molar-refractivity contribution in [2.24, 2.45) is 0 Å². The van der Waals surface area contributed by atoms with Crippen LogP contribution in [0.2, 0.25) is 0 Å². The molecule has 0 N–H and O–H groups in total. The normalized spacial score (nSPS) is 10.0. The van der Waals surface area contributed by atoms with Crippen LogP contribution in [0.4, 0.5) is 22.7 Å². The topological polar surface area (TPSA) is 28.2 Å². The van der Waals surface area contributed by atoms with Crippen LogP contribution in [0.25, 0.3) is 32.9 Å². The van der Waals surface area contributed by atoms with Crippen LogP contribution in [0.15, 0.2) is 133 Å². The van der Waals surface area contributed by atoms with Crippen LogP contribution in [0.3, 0.4) is 0 Å². The quantitative estimate of drug-likeness (QED) is 0.196. The van der Waals surface area contributed by atoms with E-state index >= 15 is 0 Å². The summed E-state index contributed by atoms with van der Waals surface area (Å²) in [6, 6.07) is 45.2. The largest absolute Gasteiger partial charge is 0.658 e. The van der Waals surface area contributed by atoms with Gasteiger partial charge in [-0.1, -0.05) is 133 Å². The molecule has 0 aliphatic rings. The number of hydrogen-bond acceptors (Lipinski definition) is 0. The Kier molecular flexibility index (Phi) is 9.45. The molecule has 5 aromatic carbocycles. The van der Waals surface area contributed by atoms with Crippen LogP contribution in [0.1, 0.15) is 0 Å². The van der Waals surface area contributed by atoms with E-state index in [0.717, 1.165) is 45.0 Å². The first-order valence-electron chi connectivity index (χ1n) is 11.1. The molecule has 0 fully saturated rings. The van der Waals surface area contributed by atoms with Crippen molar-refractivity contribution in [1.82, 2.24) is 0 Å². The van der Waals surface area contributed by atoms with E-state index in [4.69, 9.17) is 29.2 Å². The van der Waals surface area contributed by atoms with Crippen molar-refractivity contribution >= 4 is 41.4 Å². The molecule has 0 amide bonds. The average molecular weight is 529 g/mol. The summed E-state index contributed by atoms with van der Waals surface area (Å²) < 4.78 is 0.